The molecule has 1 N–H and O–H groups in total. The van der Waals surface area contributed by atoms with Crippen LogP contribution in [0.5, 0.6) is 0 Å². The van der Waals surface area contributed by atoms with Gasteiger partial charge in [0.05, 0.1) is 0 Å². The molecular formula is C14H18O2. The average Bonchev–Trinajstić information content (AvgIpc) is 2.58. The lowest BCUT2D eigenvalue weighted by Gasteiger charge is -2.12. The lowest BCUT2D eigenvalue weighted by atomic mass is 9.93. The Labute approximate surface area is 96.3 Å². The van der Waals surface area contributed by atoms with Crippen LogP contribution in [0.15, 0.2) is 12.1 Å². The molecule has 0 saturated carbocycles. The number of fused-ring (bicyclic) bond motifs is 1. The molecular weight excluding hydrogens is 200 g/mol. The monoisotopic (exact) mass is 218 g/mol. The predicted molar refractivity (Wildman–Crippen MR) is 63.8 cm³/mol. The maximum absolute atomic E-state index is 10.6. The minimum atomic E-state index is -0.683. The Kier molecular flexibility index (Phi) is 2.99. The second kappa shape index (κ2) is 4.28. The van der Waals surface area contributed by atoms with Gasteiger partial charge in [-0.3, -0.25) is 4.79 Å². The molecule has 0 bridgehead atoms. The number of benzene rings is 1. The number of hydrogen-bond acceptors (Lipinski definition) is 1. The van der Waals surface area contributed by atoms with Gasteiger partial charge in [0.2, 0.25) is 0 Å². The lowest BCUT2D eigenvalue weighted by Crippen LogP contribution is -2.00. The van der Waals surface area contributed by atoms with Crippen LogP contribution < -0.4 is 0 Å². The first-order valence-corrected chi connectivity index (χ1v) is 5.89. The quantitative estimate of drug-likeness (QED) is 0.846. The standard InChI is InChI=1S/C14H18O2/c1-9-7-10(2)12-5-3-11(13(12)8-9)4-6-14(15)16/h7-8,11H,3-6H2,1-2H3,(H,15,16). The van der Waals surface area contributed by atoms with E-state index in [0.717, 1.165) is 19.3 Å². The summed E-state index contributed by atoms with van der Waals surface area (Å²) in [4.78, 5) is 10.6. The average molecular weight is 218 g/mol. The molecule has 1 unspecified atom stereocenters. The van der Waals surface area contributed by atoms with Crippen molar-refractivity contribution < 1.29 is 9.90 Å². The molecule has 0 amide bonds. The van der Waals surface area contributed by atoms with Crippen LogP contribution in [0.3, 0.4) is 0 Å². The van der Waals surface area contributed by atoms with Gasteiger partial charge < -0.3 is 5.11 Å². The summed E-state index contributed by atoms with van der Waals surface area (Å²) in [5.74, 6) is -0.220. The van der Waals surface area contributed by atoms with Gasteiger partial charge in [-0.25, -0.2) is 0 Å². The topological polar surface area (TPSA) is 37.3 Å². The van der Waals surface area contributed by atoms with Gasteiger partial charge in [-0.15, -0.1) is 0 Å². The highest BCUT2D eigenvalue weighted by Gasteiger charge is 2.24. The number of aryl methyl sites for hydroxylation is 2. The van der Waals surface area contributed by atoms with Crippen molar-refractivity contribution in [1.29, 1.82) is 0 Å². The van der Waals surface area contributed by atoms with Gasteiger partial charge in [-0.2, -0.15) is 0 Å². The molecule has 2 nitrogen and oxygen atoms in total. The number of rotatable bonds is 3. The zero-order valence-electron chi connectivity index (χ0n) is 9.92. The Morgan fingerprint density at radius 3 is 2.88 bits per heavy atom. The van der Waals surface area contributed by atoms with Crippen molar-refractivity contribution in [1.82, 2.24) is 0 Å². The SMILES string of the molecule is Cc1cc(C)c2c(c1)C(CCC(=O)O)CC2. The number of carboxylic acid groups (broad SMARTS) is 1. The van der Waals surface area contributed by atoms with Gasteiger partial charge in [0.25, 0.3) is 0 Å². The van der Waals surface area contributed by atoms with Crippen LogP contribution in [0.4, 0.5) is 0 Å². The third-order valence-electron chi connectivity index (χ3n) is 3.54. The van der Waals surface area contributed by atoms with Crippen molar-refractivity contribution >= 4 is 5.97 Å². The number of carbonyl (C=O) groups is 1. The molecule has 2 heteroatoms. The molecule has 0 saturated heterocycles. The van der Waals surface area contributed by atoms with Crippen LogP contribution in [0, 0.1) is 13.8 Å². The van der Waals surface area contributed by atoms with E-state index in [9.17, 15) is 4.79 Å². The van der Waals surface area contributed by atoms with Crippen LogP contribution in [0.25, 0.3) is 0 Å². The number of carboxylic acids is 1. The summed E-state index contributed by atoms with van der Waals surface area (Å²) in [6.45, 7) is 4.27. The lowest BCUT2D eigenvalue weighted by molar-refractivity contribution is -0.137. The van der Waals surface area contributed by atoms with Crippen LogP contribution in [-0.2, 0) is 11.2 Å². The zero-order valence-corrected chi connectivity index (χ0v) is 9.92. The summed E-state index contributed by atoms with van der Waals surface area (Å²) in [7, 11) is 0. The van der Waals surface area contributed by atoms with Crippen molar-refractivity contribution in [3.63, 3.8) is 0 Å². The van der Waals surface area contributed by atoms with Gasteiger partial charge in [0.15, 0.2) is 0 Å². The first-order chi connectivity index (χ1) is 7.58. The van der Waals surface area contributed by atoms with Crippen LogP contribution >= 0.6 is 0 Å². The Bertz CT molecular complexity index is 421. The second-order valence-corrected chi connectivity index (χ2v) is 4.82. The maximum Gasteiger partial charge on any atom is 0.303 e. The third-order valence-corrected chi connectivity index (χ3v) is 3.54. The summed E-state index contributed by atoms with van der Waals surface area (Å²) in [5.41, 5.74) is 5.52. The van der Waals surface area contributed by atoms with Gasteiger partial charge in [0.1, 0.15) is 0 Å². The van der Waals surface area contributed by atoms with Crippen molar-refractivity contribution in [2.45, 2.75) is 45.4 Å². The molecule has 0 fully saturated rings. The van der Waals surface area contributed by atoms with E-state index in [-0.39, 0.29) is 6.42 Å². The van der Waals surface area contributed by atoms with E-state index >= 15 is 0 Å². The highest BCUT2D eigenvalue weighted by atomic mass is 16.4. The van der Waals surface area contributed by atoms with E-state index < -0.39 is 5.97 Å². The fourth-order valence-electron chi connectivity index (χ4n) is 2.81. The third kappa shape index (κ3) is 2.11. The molecule has 16 heavy (non-hydrogen) atoms. The van der Waals surface area contributed by atoms with E-state index in [1.165, 1.54) is 22.3 Å². The van der Waals surface area contributed by atoms with E-state index in [2.05, 4.69) is 26.0 Å². The van der Waals surface area contributed by atoms with E-state index in [1.807, 2.05) is 0 Å². The molecule has 1 atom stereocenters. The van der Waals surface area contributed by atoms with Crippen molar-refractivity contribution in [3.8, 4) is 0 Å². The minimum Gasteiger partial charge on any atom is -0.481 e. The van der Waals surface area contributed by atoms with Gasteiger partial charge >= 0.3 is 5.97 Å². The van der Waals surface area contributed by atoms with Crippen LogP contribution in [0.2, 0.25) is 0 Å². The van der Waals surface area contributed by atoms with Crippen LogP contribution in [-0.4, -0.2) is 11.1 Å². The molecule has 1 aromatic carbocycles. The molecule has 1 aliphatic carbocycles. The Hall–Kier alpha value is -1.31. The molecule has 0 spiro atoms. The molecule has 0 heterocycles. The highest BCUT2D eigenvalue weighted by molar-refractivity contribution is 5.66. The molecule has 0 aromatic heterocycles. The first-order valence-electron chi connectivity index (χ1n) is 5.89. The van der Waals surface area contributed by atoms with Crippen molar-refractivity contribution in [2.24, 2.45) is 0 Å². The van der Waals surface area contributed by atoms with E-state index in [4.69, 9.17) is 5.11 Å². The Morgan fingerprint density at radius 1 is 1.44 bits per heavy atom. The molecule has 86 valence electrons. The number of aliphatic carboxylic acids is 1. The Balaban J connectivity index is 2.22. The second-order valence-electron chi connectivity index (χ2n) is 4.82. The molecule has 2 rings (SSSR count). The van der Waals surface area contributed by atoms with Gasteiger partial charge in [-0.05, 0) is 55.7 Å². The van der Waals surface area contributed by atoms with Gasteiger partial charge in [-0.1, -0.05) is 17.7 Å². The summed E-state index contributed by atoms with van der Waals surface area (Å²) < 4.78 is 0. The maximum atomic E-state index is 10.6. The van der Waals surface area contributed by atoms with Crippen molar-refractivity contribution in [3.05, 3.63) is 34.4 Å². The normalized spacial score (nSPS) is 18.5. The van der Waals surface area contributed by atoms with Crippen molar-refractivity contribution in [2.75, 3.05) is 0 Å². The van der Waals surface area contributed by atoms with E-state index in [1.54, 1.807) is 0 Å². The number of hydrogen-bond donors (Lipinski definition) is 1. The smallest absolute Gasteiger partial charge is 0.303 e. The molecule has 1 aliphatic rings. The summed E-state index contributed by atoms with van der Waals surface area (Å²) >= 11 is 0. The highest BCUT2D eigenvalue weighted by Crippen LogP contribution is 2.38. The predicted octanol–water partition coefficient (Wildman–Crippen LogP) is 3.20. The zero-order chi connectivity index (χ0) is 11.7. The van der Waals surface area contributed by atoms with Gasteiger partial charge in [0, 0.05) is 6.42 Å². The fraction of sp³-hybridized carbons (Fsp3) is 0.500. The molecule has 0 aliphatic heterocycles. The van der Waals surface area contributed by atoms with E-state index in [0.29, 0.717) is 5.92 Å². The Morgan fingerprint density at radius 2 is 2.19 bits per heavy atom. The summed E-state index contributed by atoms with van der Waals surface area (Å²) in [6.07, 6.45) is 3.31. The van der Waals surface area contributed by atoms with Crippen LogP contribution in [0.1, 0.15) is 47.4 Å². The summed E-state index contributed by atoms with van der Waals surface area (Å²) in [6, 6.07) is 4.46. The molecule has 0 radical (unpaired) electrons. The minimum absolute atomic E-state index is 0.289. The molecule has 1 aromatic rings. The summed E-state index contributed by atoms with van der Waals surface area (Å²) in [5, 5.41) is 8.73. The first kappa shape index (κ1) is 11.2. The largest absolute Gasteiger partial charge is 0.481 e. The fourth-order valence-corrected chi connectivity index (χ4v) is 2.81.